The van der Waals surface area contributed by atoms with Crippen LogP contribution in [0, 0.1) is 5.82 Å². The van der Waals surface area contributed by atoms with E-state index >= 15 is 0 Å². The summed E-state index contributed by atoms with van der Waals surface area (Å²) in [5.74, 6) is -0.0810. The highest BCUT2D eigenvalue weighted by Crippen LogP contribution is 2.28. The summed E-state index contributed by atoms with van der Waals surface area (Å²) in [7, 11) is 0. The average molecular weight is 358 g/mol. The molecule has 118 valence electrons. The Kier molecular flexibility index (Phi) is 7.01. The maximum Gasteiger partial charge on any atom is 0.157 e. The van der Waals surface area contributed by atoms with E-state index in [-0.39, 0.29) is 11.6 Å². The van der Waals surface area contributed by atoms with Crippen molar-refractivity contribution >= 4 is 21.7 Å². The lowest BCUT2D eigenvalue weighted by Crippen LogP contribution is -2.54. The third kappa shape index (κ3) is 3.92. The number of carbonyl (C=O) groups excluding carboxylic acids is 1. The van der Waals surface area contributed by atoms with Gasteiger partial charge in [0, 0.05) is 10.9 Å². The molecule has 1 rings (SSSR count). The first-order valence-corrected chi connectivity index (χ1v) is 8.46. The predicted molar refractivity (Wildman–Crippen MR) is 89.0 cm³/mol. The molecule has 0 amide bonds. The van der Waals surface area contributed by atoms with Gasteiger partial charge < -0.3 is 0 Å². The molecule has 2 nitrogen and oxygen atoms in total. The highest BCUT2D eigenvalue weighted by Gasteiger charge is 2.38. The number of hydrogen-bond acceptors (Lipinski definition) is 2. The number of likely N-dealkylation sites (N-methyl/N-ethyl adjacent to an activating group) is 1. The Morgan fingerprint density at radius 2 is 1.76 bits per heavy atom. The standard InChI is InChI=1S/C17H25BrFNO/c1-5-17(6-2,20(7-3)8-4)16(21)11-13-9-10-14(19)12-15(13)18/h9-10,12H,5-8,11H2,1-4H3. The van der Waals surface area contributed by atoms with Gasteiger partial charge in [-0.05, 0) is 43.6 Å². The number of ketones is 1. The summed E-state index contributed by atoms with van der Waals surface area (Å²) in [5, 5.41) is 0. The van der Waals surface area contributed by atoms with Crippen molar-refractivity contribution in [3.63, 3.8) is 0 Å². The van der Waals surface area contributed by atoms with Crippen LogP contribution >= 0.6 is 15.9 Å². The molecule has 0 atom stereocenters. The Bertz CT molecular complexity index is 482. The normalized spacial score (nSPS) is 12.0. The Labute approximate surface area is 135 Å². The molecule has 1 aromatic carbocycles. The highest BCUT2D eigenvalue weighted by atomic mass is 79.9. The third-order valence-corrected chi connectivity index (χ3v) is 5.16. The van der Waals surface area contributed by atoms with Crippen LogP contribution in [-0.2, 0) is 11.2 Å². The van der Waals surface area contributed by atoms with Crippen LogP contribution in [0.5, 0.6) is 0 Å². The quantitative estimate of drug-likeness (QED) is 0.677. The summed E-state index contributed by atoms with van der Waals surface area (Å²) in [6.45, 7) is 10.0. The van der Waals surface area contributed by atoms with E-state index in [9.17, 15) is 9.18 Å². The lowest BCUT2D eigenvalue weighted by molar-refractivity contribution is -0.131. The Morgan fingerprint density at radius 1 is 1.19 bits per heavy atom. The number of carbonyl (C=O) groups is 1. The van der Waals surface area contributed by atoms with Gasteiger partial charge in [-0.3, -0.25) is 9.69 Å². The van der Waals surface area contributed by atoms with Gasteiger partial charge in [0.2, 0.25) is 0 Å². The molecule has 0 aliphatic carbocycles. The summed E-state index contributed by atoms with van der Waals surface area (Å²) < 4.78 is 13.8. The molecular formula is C17H25BrFNO. The van der Waals surface area contributed by atoms with Gasteiger partial charge in [0.25, 0.3) is 0 Å². The second-order valence-electron chi connectivity index (χ2n) is 5.25. The van der Waals surface area contributed by atoms with E-state index in [1.807, 2.05) is 0 Å². The molecule has 0 spiro atoms. The van der Waals surface area contributed by atoms with Gasteiger partial charge in [-0.25, -0.2) is 4.39 Å². The van der Waals surface area contributed by atoms with E-state index in [4.69, 9.17) is 0 Å². The van der Waals surface area contributed by atoms with E-state index in [1.54, 1.807) is 6.07 Å². The topological polar surface area (TPSA) is 20.3 Å². The smallest absolute Gasteiger partial charge is 0.157 e. The Hall–Kier alpha value is -0.740. The van der Waals surface area contributed by atoms with Gasteiger partial charge in [0.1, 0.15) is 5.82 Å². The summed E-state index contributed by atoms with van der Waals surface area (Å²) >= 11 is 3.35. The lowest BCUT2D eigenvalue weighted by Gasteiger charge is -2.41. The molecule has 0 unspecified atom stereocenters. The van der Waals surface area contributed by atoms with E-state index in [2.05, 4.69) is 48.5 Å². The highest BCUT2D eigenvalue weighted by molar-refractivity contribution is 9.10. The molecule has 21 heavy (non-hydrogen) atoms. The van der Waals surface area contributed by atoms with E-state index in [0.717, 1.165) is 31.5 Å². The molecule has 1 aromatic rings. The van der Waals surface area contributed by atoms with Crippen LogP contribution in [0.2, 0.25) is 0 Å². The van der Waals surface area contributed by atoms with Crippen LogP contribution in [0.25, 0.3) is 0 Å². The van der Waals surface area contributed by atoms with Crippen LogP contribution in [0.4, 0.5) is 4.39 Å². The fraction of sp³-hybridized carbons (Fsp3) is 0.588. The number of rotatable bonds is 8. The van der Waals surface area contributed by atoms with Gasteiger partial charge in [-0.1, -0.05) is 49.7 Å². The zero-order valence-corrected chi connectivity index (χ0v) is 15.0. The molecule has 0 saturated heterocycles. The maximum absolute atomic E-state index is 13.2. The molecule has 0 saturated carbocycles. The molecule has 0 aliphatic rings. The van der Waals surface area contributed by atoms with Crippen molar-refractivity contribution in [3.05, 3.63) is 34.1 Å². The van der Waals surface area contributed by atoms with E-state index < -0.39 is 5.54 Å². The Morgan fingerprint density at radius 3 is 2.19 bits per heavy atom. The predicted octanol–water partition coefficient (Wildman–Crippen LogP) is 4.60. The van der Waals surface area contributed by atoms with Crippen molar-refractivity contribution in [3.8, 4) is 0 Å². The number of halogens is 2. The number of benzene rings is 1. The summed E-state index contributed by atoms with van der Waals surface area (Å²) in [6, 6.07) is 4.51. The monoisotopic (exact) mass is 357 g/mol. The minimum absolute atomic E-state index is 0.212. The summed E-state index contributed by atoms with van der Waals surface area (Å²) in [5.41, 5.74) is 0.428. The molecule has 0 aromatic heterocycles. The zero-order chi connectivity index (χ0) is 16.0. The van der Waals surface area contributed by atoms with Gasteiger partial charge in [-0.2, -0.15) is 0 Å². The molecule has 0 bridgehead atoms. The average Bonchev–Trinajstić information content (AvgIpc) is 2.47. The molecule has 0 radical (unpaired) electrons. The Balaban J connectivity index is 3.07. The summed E-state index contributed by atoms with van der Waals surface area (Å²) in [4.78, 5) is 15.2. The lowest BCUT2D eigenvalue weighted by atomic mass is 9.83. The second-order valence-corrected chi connectivity index (χ2v) is 6.10. The summed E-state index contributed by atoms with van der Waals surface area (Å²) in [6.07, 6.45) is 1.92. The molecule has 0 fully saturated rings. The number of Topliss-reactive ketones (excluding diaryl/α,β-unsaturated/α-hetero) is 1. The maximum atomic E-state index is 13.2. The van der Waals surface area contributed by atoms with Crippen LogP contribution in [0.15, 0.2) is 22.7 Å². The van der Waals surface area contributed by atoms with Crippen molar-refractivity contribution in [2.75, 3.05) is 13.1 Å². The zero-order valence-electron chi connectivity index (χ0n) is 13.4. The van der Waals surface area contributed by atoms with Crippen LogP contribution in [-0.4, -0.2) is 29.3 Å². The third-order valence-electron chi connectivity index (χ3n) is 4.42. The molecule has 4 heteroatoms. The number of nitrogens with zero attached hydrogens (tertiary/aromatic N) is 1. The SMILES string of the molecule is CCN(CC)C(CC)(CC)C(=O)Cc1ccc(F)cc1Br. The van der Waals surface area contributed by atoms with Crippen LogP contribution in [0.3, 0.4) is 0 Å². The van der Waals surface area contributed by atoms with Crippen molar-refractivity contribution in [1.82, 2.24) is 4.90 Å². The van der Waals surface area contributed by atoms with Crippen molar-refractivity contribution < 1.29 is 9.18 Å². The van der Waals surface area contributed by atoms with Gasteiger partial charge >= 0.3 is 0 Å². The molecule has 0 N–H and O–H groups in total. The number of hydrogen-bond donors (Lipinski definition) is 0. The van der Waals surface area contributed by atoms with Gasteiger partial charge in [0.05, 0.1) is 5.54 Å². The molecule has 0 heterocycles. The minimum Gasteiger partial charge on any atom is -0.297 e. The van der Waals surface area contributed by atoms with Crippen molar-refractivity contribution in [2.24, 2.45) is 0 Å². The van der Waals surface area contributed by atoms with Gasteiger partial charge in [0.15, 0.2) is 5.78 Å². The van der Waals surface area contributed by atoms with Crippen LogP contribution < -0.4 is 0 Å². The van der Waals surface area contributed by atoms with Crippen molar-refractivity contribution in [1.29, 1.82) is 0 Å². The van der Waals surface area contributed by atoms with E-state index in [0.29, 0.717) is 10.9 Å². The van der Waals surface area contributed by atoms with E-state index in [1.165, 1.54) is 12.1 Å². The second kappa shape index (κ2) is 8.04. The molecule has 0 aliphatic heterocycles. The largest absolute Gasteiger partial charge is 0.297 e. The van der Waals surface area contributed by atoms with Gasteiger partial charge in [-0.15, -0.1) is 0 Å². The molecular weight excluding hydrogens is 333 g/mol. The first kappa shape index (κ1) is 18.3. The fourth-order valence-electron chi connectivity index (χ4n) is 3.10. The van der Waals surface area contributed by atoms with Crippen molar-refractivity contribution in [2.45, 2.75) is 52.5 Å². The van der Waals surface area contributed by atoms with Crippen LogP contribution in [0.1, 0.15) is 46.1 Å². The first-order chi connectivity index (χ1) is 9.94. The first-order valence-electron chi connectivity index (χ1n) is 7.67. The minimum atomic E-state index is -0.419. The fourth-order valence-corrected chi connectivity index (χ4v) is 3.59.